The summed E-state index contributed by atoms with van der Waals surface area (Å²) in [6.45, 7) is 0. The van der Waals surface area contributed by atoms with Gasteiger partial charge in [0.15, 0.2) is 20.6 Å². The van der Waals surface area contributed by atoms with Gasteiger partial charge in [-0.3, -0.25) is 4.68 Å². The standard InChI is InChI=1S/C7H7F3N2O4S/c1-12-5(17(2,15)16)3(6(13)14)4(11-12)7(8,9)10/h1-2H3,(H,13,14). The molecule has 10 heteroatoms. The molecule has 0 saturated heterocycles. The third-order valence-corrected chi connectivity index (χ3v) is 3.00. The molecule has 0 radical (unpaired) electrons. The number of hydrogen-bond donors (Lipinski definition) is 1. The molecule has 0 atom stereocenters. The van der Waals surface area contributed by atoms with Crippen molar-refractivity contribution >= 4 is 15.8 Å². The number of halogens is 3. The van der Waals surface area contributed by atoms with Crippen molar-refractivity contribution in [2.75, 3.05) is 6.26 Å². The highest BCUT2D eigenvalue weighted by Gasteiger charge is 2.43. The zero-order chi connectivity index (χ0) is 13.6. The van der Waals surface area contributed by atoms with Crippen LogP contribution in [0.4, 0.5) is 13.2 Å². The first-order valence-electron chi connectivity index (χ1n) is 4.03. The molecule has 0 unspecified atom stereocenters. The molecule has 1 heterocycles. The summed E-state index contributed by atoms with van der Waals surface area (Å²) in [6, 6.07) is 0. The molecule has 1 aromatic heterocycles. The molecule has 17 heavy (non-hydrogen) atoms. The number of aromatic carboxylic acids is 1. The molecule has 96 valence electrons. The highest BCUT2D eigenvalue weighted by molar-refractivity contribution is 7.90. The van der Waals surface area contributed by atoms with Crippen molar-refractivity contribution in [2.45, 2.75) is 11.2 Å². The maximum atomic E-state index is 12.5. The van der Waals surface area contributed by atoms with Crippen LogP contribution in [0.3, 0.4) is 0 Å². The second-order valence-corrected chi connectivity index (χ2v) is 5.16. The molecule has 0 fully saturated rings. The summed E-state index contributed by atoms with van der Waals surface area (Å²) in [4.78, 5) is 10.7. The van der Waals surface area contributed by atoms with Crippen LogP contribution in [0, 0.1) is 0 Å². The van der Waals surface area contributed by atoms with Crippen LogP contribution < -0.4 is 0 Å². The molecular formula is C7H7F3N2O4S. The average Bonchev–Trinajstić information content (AvgIpc) is 2.40. The number of carboxylic acids is 1. The Labute approximate surface area is 93.6 Å². The lowest BCUT2D eigenvalue weighted by atomic mass is 10.2. The van der Waals surface area contributed by atoms with Gasteiger partial charge in [-0.15, -0.1) is 0 Å². The second-order valence-electron chi connectivity index (χ2n) is 3.23. The number of nitrogens with zero attached hydrogens (tertiary/aromatic N) is 2. The van der Waals surface area contributed by atoms with Crippen LogP contribution in [0.15, 0.2) is 5.03 Å². The van der Waals surface area contributed by atoms with Gasteiger partial charge in [0.1, 0.15) is 5.56 Å². The third-order valence-electron chi connectivity index (χ3n) is 1.83. The molecule has 1 aromatic rings. The summed E-state index contributed by atoms with van der Waals surface area (Å²) < 4.78 is 60.2. The second kappa shape index (κ2) is 3.72. The zero-order valence-electron chi connectivity index (χ0n) is 8.61. The number of alkyl halides is 3. The van der Waals surface area contributed by atoms with Gasteiger partial charge in [-0.05, 0) is 0 Å². The lowest BCUT2D eigenvalue weighted by Gasteiger charge is -2.03. The number of rotatable bonds is 2. The van der Waals surface area contributed by atoms with Crippen molar-refractivity contribution in [3.05, 3.63) is 11.3 Å². The maximum Gasteiger partial charge on any atom is 0.436 e. The predicted molar refractivity (Wildman–Crippen MR) is 48.3 cm³/mol. The van der Waals surface area contributed by atoms with E-state index < -0.39 is 38.3 Å². The molecule has 0 spiro atoms. The van der Waals surface area contributed by atoms with Crippen LogP contribution in [0.1, 0.15) is 16.1 Å². The van der Waals surface area contributed by atoms with E-state index in [2.05, 4.69) is 5.10 Å². The van der Waals surface area contributed by atoms with Gasteiger partial charge in [0.2, 0.25) is 0 Å². The Morgan fingerprint density at radius 3 is 2.18 bits per heavy atom. The third kappa shape index (κ3) is 2.40. The van der Waals surface area contributed by atoms with Gasteiger partial charge in [0, 0.05) is 13.3 Å². The van der Waals surface area contributed by atoms with E-state index in [0.29, 0.717) is 10.9 Å². The quantitative estimate of drug-likeness (QED) is 0.848. The summed E-state index contributed by atoms with van der Waals surface area (Å²) in [5.41, 5.74) is -3.09. The minimum atomic E-state index is -5.03. The van der Waals surface area contributed by atoms with E-state index >= 15 is 0 Å². The van der Waals surface area contributed by atoms with Gasteiger partial charge >= 0.3 is 12.1 Å². The van der Waals surface area contributed by atoms with E-state index in [0.717, 1.165) is 7.05 Å². The molecule has 6 nitrogen and oxygen atoms in total. The first-order chi connectivity index (χ1) is 7.46. The van der Waals surface area contributed by atoms with Crippen molar-refractivity contribution in [1.82, 2.24) is 9.78 Å². The topological polar surface area (TPSA) is 89.3 Å². The summed E-state index contributed by atoms with van der Waals surface area (Å²) in [7, 11) is -3.20. The molecule has 0 amide bonds. The lowest BCUT2D eigenvalue weighted by molar-refractivity contribution is -0.141. The lowest BCUT2D eigenvalue weighted by Crippen LogP contribution is -2.14. The van der Waals surface area contributed by atoms with Crippen LogP contribution in [0.25, 0.3) is 0 Å². The van der Waals surface area contributed by atoms with Crippen LogP contribution in [0.2, 0.25) is 0 Å². The first kappa shape index (κ1) is 13.5. The Bertz CT molecular complexity index is 573. The smallest absolute Gasteiger partial charge is 0.436 e. The number of sulfone groups is 1. The Balaban J connectivity index is 3.76. The summed E-state index contributed by atoms with van der Waals surface area (Å²) >= 11 is 0. The fourth-order valence-corrected chi connectivity index (χ4v) is 2.40. The van der Waals surface area contributed by atoms with Crippen molar-refractivity contribution in [1.29, 1.82) is 0 Å². The fraction of sp³-hybridized carbons (Fsp3) is 0.429. The summed E-state index contributed by atoms with van der Waals surface area (Å²) in [5, 5.41) is 10.6. The van der Waals surface area contributed by atoms with Gasteiger partial charge in [-0.1, -0.05) is 0 Å². The molecule has 0 bridgehead atoms. The van der Waals surface area contributed by atoms with Gasteiger partial charge in [0.05, 0.1) is 0 Å². The monoisotopic (exact) mass is 272 g/mol. The van der Waals surface area contributed by atoms with Gasteiger partial charge in [-0.25, -0.2) is 13.2 Å². The van der Waals surface area contributed by atoms with Gasteiger partial charge < -0.3 is 5.11 Å². The molecular weight excluding hydrogens is 265 g/mol. The number of aryl methyl sites for hydroxylation is 1. The van der Waals surface area contributed by atoms with Gasteiger partial charge in [0.25, 0.3) is 0 Å². The van der Waals surface area contributed by atoms with Crippen LogP contribution in [-0.2, 0) is 23.1 Å². The SMILES string of the molecule is Cn1nc(C(F)(F)F)c(C(=O)O)c1S(C)(=O)=O. The highest BCUT2D eigenvalue weighted by Crippen LogP contribution is 2.33. The minimum Gasteiger partial charge on any atom is -0.478 e. The van der Waals surface area contributed by atoms with Gasteiger partial charge in [-0.2, -0.15) is 18.3 Å². The minimum absolute atomic E-state index is 0.390. The van der Waals surface area contributed by atoms with E-state index in [1.807, 2.05) is 0 Å². The predicted octanol–water partition coefficient (Wildman–Crippen LogP) is 0.541. The Morgan fingerprint density at radius 2 is 1.88 bits per heavy atom. The largest absolute Gasteiger partial charge is 0.478 e. The van der Waals surface area contributed by atoms with Crippen molar-refractivity contribution in [3.63, 3.8) is 0 Å². The van der Waals surface area contributed by atoms with Crippen LogP contribution in [0.5, 0.6) is 0 Å². The first-order valence-corrected chi connectivity index (χ1v) is 5.93. The highest BCUT2D eigenvalue weighted by atomic mass is 32.2. The van der Waals surface area contributed by atoms with Crippen LogP contribution >= 0.6 is 0 Å². The molecule has 0 aliphatic rings. The normalized spacial score (nSPS) is 12.8. The molecule has 0 saturated carbocycles. The molecule has 0 aliphatic heterocycles. The van der Waals surface area contributed by atoms with E-state index in [1.54, 1.807) is 0 Å². The molecule has 1 rings (SSSR count). The summed E-state index contributed by atoms with van der Waals surface area (Å²) in [5.74, 6) is -1.99. The zero-order valence-corrected chi connectivity index (χ0v) is 9.43. The van der Waals surface area contributed by atoms with Crippen LogP contribution in [-0.4, -0.2) is 35.5 Å². The molecule has 0 aliphatic carbocycles. The van der Waals surface area contributed by atoms with E-state index in [-0.39, 0.29) is 0 Å². The molecule has 0 aromatic carbocycles. The van der Waals surface area contributed by atoms with Crippen molar-refractivity contribution in [2.24, 2.45) is 7.05 Å². The van der Waals surface area contributed by atoms with Crippen molar-refractivity contribution in [3.8, 4) is 0 Å². The molecule has 1 N–H and O–H groups in total. The average molecular weight is 272 g/mol. The Hall–Kier alpha value is -1.58. The van der Waals surface area contributed by atoms with E-state index in [9.17, 15) is 26.4 Å². The number of carboxylic acid groups (broad SMARTS) is 1. The summed E-state index contributed by atoms with van der Waals surface area (Å²) in [6.07, 6.45) is -4.43. The number of hydrogen-bond acceptors (Lipinski definition) is 4. The Kier molecular flexibility index (Phi) is 2.95. The van der Waals surface area contributed by atoms with Crippen molar-refractivity contribution < 1.29 is 31.5 Å². The number of carbonyl (C=O) groups is 1. The fourth-order valence-electron chi connectivity index (χ4n) is 1.33. The maximum absolute atomic E-state index is 12.5. The van der Waals surface area contributed by atoms with E-state index in [4.69, 9.17) is 5.11 Å². The van der Waals surface area contributed by atoms with E-state index in [1.165, 1.54) is 0 Å². The number of aromatic nitrogens is 2. The Morgan fingerprint density at radius 1 is 1.41 bits per heavy atom.